The summed E-state index contributed by atoms with van der Waals surface area (Å²) in [6.07, 6.45) is 0.396. The van der Waals surface area contributed by atoms with Crippen LogP contribution in [0.25, 0.3) is 0 Å². The van der Waals surface area contributed by atoms with Crippen molar-refractivity contribution in [3.05, 3.63) is 53.1 Å². The summed E-state index contributed by atoms with van der Waals surface area (Å²) in [6.45, 7) is 1.06. The summed E-state index contributed by atoms with van der Waals surface area (Å²) in [7, 11) is 4.38. The minimum absolute atomic E-state index is 0.329. The van der Waals surface area contributed by atoms with Gasteiger partial charge in [-0.25, -0.2) is 4.79 Å². The van der Waals surface area contributed by atoms with Crippen LogP contribution in [0, 0.1) is 0 Å². The van der Waals surface area contributed by atoms with Gasteiger partial charge in [-0.15, -0.1) is 0 Å². The van der Waals surface area contributed by atoms with E-state index in [0.717, 1.165) is 17.5 Å². The van der Waals surface area contributed by atoms with Crippen molar-refractivity contribution in [3.8, 4) is 11.5 Å². The molecule has 142 valence electrons. The summed E-state index contributed by atoms with van der Waals surface area (Å²) in [5, 5.41) is 2.88. The molecule has 0 unspecified atom stereocenters. The number of rotatable bonds is 4. The maximum Gasteiger partial charge on any atom is 0.409 e. The van der Waals surface area contributed by atoms with Crippen LogP contribution < -0.4 is 14.8 Å². The molecular formula is C20H22N2O5. The highest BCUT2D eigenvalue weighted by atomic mass is 16.5. The number of fused-ring (bicyclic) bond motifs is 1. The Morgan fingerprint density at radius 2 is 1.70 bits per heavy atom. The van der Waals surface area contributed by atoms with Gasteiger partial charge in [0, 0.05) is 18.8 Å². The van der Waals surface area contributed by atoms with Gasteiger partial charge in [-0.1, -0.05) is 12.1 Å². The van der Waals surface area contributed by atoms with Gasteiger partial charge in [0.25, 0.3) is 5.91 Å². The van der Waals surface area contributed by atoms with E-state index in [9.17, 15) is 9.59 Å². The quantitative estimate of drug-likeness (QED) is 0.895. The van der Waals surface area contributed by atoms with Gasteiger partial charge in [0.2, 0.25) is 0 Å². The lowest BCUT2D eigenvalue weighted by molar-refractivity contribution is 0.102. The van der Waals surface area contributed by atoms with E-state index < -0.39 is 0 Å². The number of carbonyl (C=O) groups is 2. The van der Waals surface area contributed by atoms with Crippen LogP contribution >= 0.6 is 0 Å². The summed E-state index contributed by atoms with van der Waals surface area (Å²) in [5.74, 6) is 0.535. The maximum absolute atomic E-state index is 12.8. The number of benzene rings is 2. The third kappa shape index (κ3) is 3.81. The zero-order chi connectivity index (χ0) is 19.4. The molecule has 2 aromatic rings. The minimum Gasteiger partial charge on any atom is -0.496 e. The van der Waals surface area contributed by atoms with E-state index in [-0.39, 0.29) is 12.0 Å². The Kier molecular flexibility index (Phi) is 5.49. The number of amides is 2. The van der Waals surface area contributed by atoms with Crippen LogP contribution in [-0.2, 0) is 17.7 Å². The van der Waals surface area contributed by atoms with Gasteiger partial charge in [-0.3, -0.25) is 4.79 Å². The number of methoxy groups -OCH3 is 3. The monoisotopic (exact) mass is 370 g/mol. The van der Waals surface area contributed by atoms with Crippen molar-refractivity contribution in [2.24, 2.45) is 0 Å². The van der Waals surface area contributed by atoms with Crippen LogP contribution in [0.3, 0.4) is 0 Å². The lowest BCUT2D eigenvalue weighted by Crippen LogP contribution is -2.35. The fourth-order valence-electron chi connectivity index (χ4n) is 3.19. The van der Waals surface area contributed by atoms with Gasteiger partial charge in [0.15, 0.2) is 0 Å². The molecule has 7 nitrogen and oxygen atoms in total. The highest BCUT2D eigenvalue weighted by molar-refractivity contribution is 6.08. The molecule has 0 radical (unpaired) electrons. The fourth-order valence-corrected chi connectivity index (χ4v) is 3.19. The Morgan fingerprint density at radius 3 is 2.33 bits per heavy atom. The van der Waals surface area contributed by atoms with Gasteiger partial charge in [0.1, 0.15) is 17.1 Å². The molecule has 0 saturated carbocycles. The zero-order valence-electron chi connectivity index (χ0n) is 15.6. The standard InChI is InChI=1S/C20H22N2O5/c1-25-16-5-4-6-17(26-2)18(16)19(23)21-15-8-7-13-9-10-22(20(24)27-3)12-14(13)11-15/h4-8,11H,9-10,12H2,1-3H3,(H,21,23). The Hall–Kier alpha value is -3.22. The first-order chi connectivity index (χ1) is 13.1. The minimum atomic E-state index is -0.353. The molecular weight excluding hydrogens is 348 g/mol. The molecule has 1 heterocycles. The number of nitrogens with zero attached hydrogens (tertiary/aromatic N) is 1. The number of hydrogen-bond acceptors (Lipinski definition) is 5. The third-order valence-corrected chi connectivity index (χ3v) is 4.56. The molecule has 2 aromatic carbocycles. The summed E-state index contributed by atoms with van der Waals surface area (Å²) in [4.78, 5) is 26.2. The molecule has 0 spiro atoms. The second-order valence-electron chi connectivity index (χ2n) is 6.12. The zero-order valence-corrected chi connectivity index (χ0v) is 15.6. The van der Waals surface area contributed by atoms with Gasteiger partial charge in [0.05, 0.1) is 21.3 Å². The lowest BCUT2D eigenvalue weighted by atomic mass is 9.99. The normalized spacial score (nSPS) is 12.8. The lowest BCUT2D eigenvalue weighted by Gasteiger charge is -2.28. The molecule has 3 rings (SSSR count). The van der Waals surface area contributed by atoms with Gasteiger partial charge in [-0.05, 0) is 41.8 Å². The van der Waals surface area contributed by atoms with Crippen LogP contribution in [0.1, 0.15) is 21.5 Å². The van der Waals surface area contributed by atoms with Crippen molar-refractivity contribution < 1.29 is 23.8 Å². The van der Waals surface area contributed by atoms with Crippen molar-refractivity contribution in [2.45, 2.75) is 13.0 Å². The van der Waals surface area contributed by atoms with Crippen LogP contribution in [0.15, 0.2) is 36.4 Å². The SMILES string of the molecule is COC(=O)N1CCc2ccc(NC(=O)c3c(OC)cccc3OC)cc2C1. The highest BCUT2D eigenvalue weighted by Gasteiger charge is 2.22. The van der Waals surface area contributed by atoms with Crippen molar-refractivity contribution in [1.29, 1.82) is 0 Å². The second-order valence-corrected chi connectivity index (χ2v) is 6.12. The van der Waals surface area contributed by atoms with E-state index in [1.54, 1.807) is 23.1 Å². The average Bonchev–Trinajstić information content (AvgIpc) is 2.71. The van der Waals surface area contributed by atoms with E-state index in [1.165, 1.54) is 21.3 Å². The molecule has 7 heteroatoms. The summed E-state index contributed by atoms with van der Waals surface area (Å²) < 4.78 is 15.4. The van der Waals surface area contributed by atoms with E-state index in [2.05, 4.69) is 5.32 Å². The molecule has 0 fully saturated rings. The number of ether oxygens (including phenoxy) is 3. The summed E-state index contributed by atoms with van der Waals surface area (Å²) in [6, 6.07) is 10.9. The Balaban J connectivity index is 1.83. The fraction of sp³-hybridized carbons (Fsp3) is 0.300. The van der Waals surface area contributed by atoms with Crippen molar-refractivity contribution in [1.82, 2.24) is 4.90 Å². The van der Waals surface area contributed by atoms with Gasteiger partial charge >= 0.3 is 6.09 Å². The molecule has 0 bridgehead atoms. The van der Waals surface area contributed by atoms with E-state index in [1.807, 2.05) is 18.2 Å². The second kappa shape index (κ2) is 7.99. The molecule has 1 aliphatic heterocycles. The van der Waals surface area contributed by atoms with Crippen molar-refractivity contribution >= 4 is 17.7 Å². The Morgan fingerprint density at radius 1 is 1.00 bits per heavy atom. The molecule has 0 saturated heterocycles. The van der Waals surface area contributed by atoms with Gasteiger partial charge in [-0.2, -0.15) is 0 Å². The smallest absolute Gasteiger partial charge is 0.409 e. The molecule has 0 atom stereocenters. The van der Waals surface area contributed by atoms with Crippen molar-refractivity contribution in [3.63, 3.8) is 0 Å². The van der Waals surface area contributed by atoms with Crippen molar-refractivity contribution in [2.75, 3.05) is 33.2 Å². The molecule has 1 aliphatic rings. The van der Waals surface area contributed by atoms with Crippen LogP contribution in [0.4, 0.5) is 10.5 Å². The predicted octanol–water partition coefficient (Wildman–Crippen LogP) is 3.08. The molecule has 2 amide bonds. The van der Waals surface area contributed by atoms with Crippen LogP contribution in [0.2, 0.25) is 0 Å². The number of carbonyl (C=O) groups excluding carboxylic acids is 2. The Bertz CT molecular complexity index is 843. The third-order valence-electron chi connectivity index (χ3n) is 4.56. The summed E-state index contributed by atoms with van der Waals surface area (Å²) >= 11 is 0. The largest absolute Gasteiger partial charge is 0.496 e. The first-order valence-electron chi connectivity index (χ1n) is 8.54. The molecule has 27 heavy (non-hydrogen) atoms. The van der Waals surface area contributed by atoms with E-state index >= 15 is 0 Å². The van der Waals surface area contributed by atoms with Crippen LogP contribution in [-0.4, -0.2) is 44.8 Å². The number of hydrogen-bond donors (Lipinski definition) is 1. The molecule has 1 N–H and O–H groups in total. The molecule has 0 aromatic heterocycles. The average molecular weight is 370 g/mol. The first-order valence-corrected chi connectivity index (χ1v) is 8.54. The van der Waals surface area contributed by atoms with E-state index in [4.69, 9.17) is 14.2 Å². The molecule has 0 aliphatic carbocycles. The number of anilines is 1. The topological polar surface area (TPSA) is 77.1 Å². The maximum atomic E-state index is 12.8. The first kappa shape index (κ1) is 18.6. The van der Waals surface area contributed by atoms with Gasteiger partial charge < -0.3 is 24.4 Å². The number of nitrogens with one attached hydrogen (secondary N) is 1. The summed E-state index contributed by atoms with van der Waals surface area (Å²) in [5.41, 5.74) is 3.11. The predicted molar refractivity (Wildman–Crippen MR) is 100 cm³/mol. The van der Waals surface area contributed by atoms with Crippen LogP contribution in [0.5, 0.6) is 11.5 Å². The highest BCUT2D eigenvalue weighted by Crippen LogP contribution is 2.30. The van der Waals surface area contributed by atoms with E-state index in [0.29, 0.717) is 35.8 Å². The Labute approximate surface area is 157 Å².